The van der Waals surface area contributed by atoms with Gasteiger partial charge in [-0.25, -0.2) is 4.39 Å². The number of nitrogens with zero attached hydrogens (tertiary/aromatic N) is 2. The molecule has 0 unspecified atom stereocenters. The van der Waals surface area contributed by atoms with Gasteiger partial charge in [0.2, 0.25) is 0 Å². The van der Waals surface area contributed by atoms with Gasteiger partial charge in [-0.3, -0.25) is 9.48 Å². The molecule has 0 bridgehead atoms. The SMILES string of the molecule is Cn1nc(-c2ccco2)cc1-c1ccc(C(=O)Nc2ccccc2F)s1. The zero-order chi connectivity index (χ0) is 18.1. The molecular formula is C19H14FN3O2S. The molecule has 0 saturated heterocycles. The molecule has 4 rings (SSSR count). The van der Waals surface area contributed by atoms with Crippen molar-refractivity contribution in [2.75, 3.05) is 5.32 Å². The molecule has 130 valence electrons. The first-order valence-electron chi connectivity index (χ1n) is 7.86. The summed E-state index contributed by atoms with van der Waals surface area (Å²) in [6.07, 6.45) is 1.60. The van der Waals surface area contributed by atoms with Crippen LogP contribution in [-0.4, -0.2) is 15.7 Å². The molecule has 0 spiro atoms. The van der Waals surface area contributed by atoms with Gasteiger partial charge in [0.25, 0.3) is 5.91 Å². The van der Waals surface area contributed by atoms with E-state index in [1.165, 1.54) is 23.5 Å². The predicted molar refractivity (Wildman–Crippen MR) is 98.6 cm³/mol. The van der Waals surface area contributed by atoms with Crippen LogP contribution >= 0.6 is 11.3 Å². The van der Waals surface area contributed by atoms with Crippen LogP contribution in [0.4, 0.5) is 10.1 Å². The Balaban J connectivity index is 1.58. The van der Waals surface area contributed by atoms with E-state index in [9.17, 15) is 9.18 Å². The van der Waals surface area contributed by atoms with Gasteiger partial charge < -0.3 is 9.73 Å². The summed E-state index contributed by atoms with van der Waals surface area (Å²) < 4.78 is 20.8. The molecule has 0 aliphatic carbocycles. The van der Waals surface area contributed by atoms with Crippen LogP contribution in [0.3, 0.4) is 0 Å². The van der Waals surface area contributed by atoms with E-state index in [4.69, 9.17) is 4.42 Å². The molecule has 5 nitrogen and oxygen atoms in total. The van der Waals surface area contributed by atoms with Crippen LogP contribution in [0.5, 0.6) is 0 Å². The van der Waals surface area contributed by atoms with Crippen molar-refractivity contribution in [1.29, 1.82) is 0 Å². The number of furan rings is 1. The third-order valence-corrected chi connectivity index (χ3v) is 4.96. The van der Waals surface area contributed by atoms with Crippen molar-refractivity contribution in [2.45, 2.75) is 0 Å². The maximum absolute atomic E-state index is 13.7. The summed E-state index contributed by atoms with van der Waals surface area (Å²) in [5.74, 6) is -0.131. The van der Waals surface area contributed by atoms with E-state index in [2.05, 4.69) is 10.4 Å². The van der Waals surface area contributed by atoms with E-state index in [0.29, 0.717) is 10.6 Å². The van der Waals surface area contributed by atoms with Crippen molar-refractivity contribution in [3.05, 3.63) is 71.6 Å². The second-order valence-corrected chi connectivity index (χ2v) is 6.70. The number of hydrogen-bond donors (Lipinski definition) is 1. The molecule has 0 atom stereocenters. The summed E-state index contributed by atoms with van der Waals surface area (Å²) >= 11 is 1.32. The highest BCUT2D eigenvalue weighted by atomic mass is 32.1. The molecule has 1 amide bonds. The van der Waals surface area contributed by atoms with Gasteiger partial charge in [0.05, 0.1) is 27.4 Å². The van der Waals surface area contributed by atoms with Gasteiger partial charge in [-0.05, 0) is 42.5 Å². The van der Waals surface area contributed by atoms with E-state index >= 15 is 0 Å². The largest absolute Gasteiger partial charge is 0.463 e. The number of halogens is 1. The van der Waals surface area contributed by atoms with Gasteiger partial charge >= 0.3 is 0 Å². The number of anilines is 1. The third-order valence-electron chi connectivity index (χ3n) is 3.86. The fourth-order valence-electron chi connectivity index (χ4n) is 2.59. The van der Waals surface area contributed by atoms with E-state index in [-0.39, 0.29) is 11.6 Å². The van der Waals surface area contributed by atoms with E-state index in [0.717, 1.165) is 16.3 Å². The highest BCUT2D eigenvalue weighted by Crippen LogP contribution is 2.31. The molecule has 3 heterocycles. The van der Waals surface area contributed by atoms with Crippen molar-refractivity contribution < 1.29 is 13.6 Å². The minimum absolute atomic E-state index is 0.160. The minimum Gasteiger partial charge on any atom is -0.463 e. The van der Waals surface area contributed by atoms with Crippen molar-refractivity contribution in [3.8, 4) is 22.0 Å². The first-order valence-corrected chi connectivity index (χ1v) is 8.67. The van der Waals surface area contributed by atoms with Gasteiger partial charge in [-0.1, -0.05) is 12.1 Å². The van der Waals surface area contributed by atoms with Crippen molar-refractivity contribution >= 4 is 22.9 Å². The van der Waals surface area contributed by atoms with Crippen LogP contribution in [0, 0.1) is 5.82 Å². The maximum atomic E-state index is 13.7. The summed E-state index contributed by atoms with van der Waals surface area (Å²) in [7, 11) is 1.83. The van der Waals surface area contributed by atoms with Crippen LogP contribution in [0.2, 0.25) is 0 Å². The fourth-order valence-corrected chi connectivity index (χ4v) is 3.54. The zero-order valence-electron chi connectivity index (χ0n) is 13.8. The number of benzene rings is 1. The molecular weight excluding hydrogens is 353 g/mol. The van der Waals surface area contributed by atoms with Crippen molar-refractivity contribution in [1.82, 2.24) is 9.78 Å². The number of carbonyl (C=O) groups is 1. The average Bonchev–Trinajstić information content (AvgIpc) is 3.36. The Morgan fingerprint density at radius 2 is 2.04 bits per heavy atom. The first-order chi connectivity index (χ1) is 12.6. The number of amides is 1. The van der Waals surface area contributed by atoms with Crippen molar-refractivity contribution in [3.63, 3.8) is 0 Å². The molecule has 3 aromatic heterocycles. The lowest BCUT2D eigenvalue weighted by Crippen LogP contribution is -2.11. The van der Waals surface area contributed by atoms with Gasteiger partial charge in [-0.2, -0.15) is 5.10 Å². The summed E-state index contributed by atoms with van der Waals surface area (Å²) in [6.45, 7) is 0. The molecule has 26 heavy (non-hydrogen) atoms. The lowest BCUT2D eigenvalue weighted by Gasteiger charge is -2.04. The Labute approximate surface area is 152 Å². The minimum atomic E-state index is -0.465. The van der Waals surface area contributed by atoms with Crippen LogP contribution in [0.25, 0.3) is 22.0 Å². The number of hydrogen-bond acceptors (Lipinski definition) is 4. The fraction of sp³-hybridized carbons (Fsp3) is 0.0526. The Hall–Kier alpha value is -3.19. The molecule has 7 heteroatoms. The average molecular weight is 367 g/mol. The van der Waals surface area contributed by atoms with Gasteiger partial charge in [0.15, 0.2) is 5.76 Å². The summed E-state index contributed by atoms with van der Waals surface area (Å²) in [4.78, 5) is 13.8. The molecule has 4 aromatic rings. The number of aromatic nitrogens is 2. The number of rotatable bonds is 4. The monoisotopic (exact) mass is 367 g/mol. The number of thiophene rings is 1. The molecule has 0 fully saturated rings. The zero-order valence-corrected chi connectivity index (χ0v) is 14.6. The Morgan fingerprint density at radius 3 is 2.81 bits per heavy atom. The second-order valence-electron chi connectivity index (χ2n) is 5.61. The number of para-hydroxylation sites is 1. The molecule has 1 N–H and O–H groups in total. The molecule has 0 radical (unpaired) electrons. The van der Waals surface area contributed by atoms with E-state index < -0.39 is 5.82 Å². The van der Waals surface area contributed by atoms with Gasteiger partial charge in [0.1, 0.15) is 11.5 Å². The number of nitrogens with one attached hydrogen (secondary N) is 1. The predicted octanol–water partition coefficient (Wildman–Crippen LogP) is 4.80. The summed E-state index contributed by atoms with van der Waals surface area (Å²) in [5.41, 5.74) is 1.75. The Kier molecular flexibility index (Phi) is 4.14. The smallest absolute Gasteiger partial charge is 0.265 e. The van der Waals surface area contributed by atoms with E-state index in [1.807, 2.05) is 25.2 Å². The molecule has 0 aliphatic rings. The number of aryl methyl sites for hydroxylation is 1. The lowest BCUT2D eigenvalue weighted by atomic mass is 10.2. The molecule has 0 saturated carbocycles. The van der Waals surface area contributed by atoms with Crippen LogP contribution < -0.4 is 5.32 Å². The summed E-state index contributed by atoms with van der Waals surface area (Å²) in [6, 6.07) is 15.2. The maximum Gasteiger partial charge on any atom is 0.265 e. The normalized spacial score (nSPS) is 10.8. The highest BCUT2D eigenvalue weighted by Gasteiger charge is 2.16. The number of carbonyl (C=O) groups excluding carboxylic acids is 1. The Morgan fingerprint density at radius 1 is 1.19 bits per heavy atom. The second kappa shape index (κ2) is 6.61. The van der Waals surface area contributed by atoms with Gasteiger partial charge in [0, 0.05) is 7.05 Å². The topological polar surface area (TPSA) is 60.1 Å². The standard InChI is InChI=1S/C19H14FN3O2S/c1-23-15(11-14(22-23)16-7-4-10-25-16)17-8-9-18(26-17)19(24)21-13-6-3-2-5-12(13)20/h2-11H,1H3,(H,21,24). The Bertz CT molecular complexity index is 1070. The highest BCUT2D eigenvalue weighted by molar-refractivity contribution is 7.17. The van der Waals surface area contributed by atoms with Gasteiger partial charge in [-0.15, -0.1) is 11.3 Å². The van der Waals surface area contributed by atoms with Crippen molar-refractivity contribution in [2.24, 2.45) is 7.05 Å². The van der Waals surface area contributed by atoms with Crippen LogP contribution in [-0.2, 0) is 7.05 Å². The van der Waals surface area contributed by atoms with Crippen LogP contribution in [0.15, 0.2) is 65.3 Å². The first kappa shape index (κ1) is 16.3. The third kappa shape index (κ3) is 3.04. The molecule has 1 aromatic carbocycles. The van der Waals surface area contributed by atoms with Crippen LogP contribution in [0.1, 0.15) is 9.67 Å². The quantitative estimate of drug-likeness (QED) is 0.564. The lowest BCUT2D eigenvalue weighted by molar-refractivity contribution is 0.103. The summed E-state index contributed by atoms with van der Waals surface area (Å²) in [5, 5.41) is 7.03. The van der Waals surface area contributed by atoms with E-state index in [1.54, 1.807) is 35.2 Å². The molecule has 0 aliphatic heterocycles.